The number of alkyl halides is 2. The number of hydrazone groups is 1. The van der Waals surface area contributed by atoms with Crippen molar-refractivity contribution >= 4 is 51.8 Å². The van der Waals surface area contributed by atoms with Crippen LogP contribution in [0.1, 0.15) is 15.9 Å². The Labute approximate surface area is 174 Å². The van der Waals surface area contributed by atoms with Gasteiger partial charge in [0.1, 0.15) is 0 Å². The van der Waals surface area contributed by atoms with Gasteiger partial charge in [0.15, 0.2) is 0 Å². The van der Waals surface area contributed by atoms with E-state index in [0.717, 1.165) is 35.1 Å². The second-order valence-corrected chi connectivity index (χ2v) is 6.94. The number of carbonyl (C=O) groups is 1. The number of fused-ring (bicyclic) bond motifs is 1. The van der Waals surface area contributed by atoms with Crippen LogP contribution in [0.2, 0.25) is 0 Å². The summed E-state index contributed by atoms with van der Waals surface area (Å²) in [7, 11) is 0. The highest BCUT2D eigenvalue weighted by Gasteiger charge is 2.08. The number of rotatable bonds is 8. The van der Waals surface area contributed by atoms with Crippen LogP contribution in [0.3, 0.4) is 0 Å². The molecule has 28 heavy (non-hydrogen) atoms. The molecule has 0 fully saturated rings. The summed E-state index contributed by atoms with van der Waals surface area (Å²) in [6, 6.07) is 21.3. The third-order valence-corrected chi connectivity index (χ3v) is 4.72. The van der Waals surface area contributed by atoms with Crippen molar-refractivity contribution in [3.05, 3.63) is 77.9 Å². The monoisotopic (exact) mass is 413 g/mol. The molecule has 0 aliphatic carbocycles. The molecule has 0 aromatic heterocycles. The zero-order valence-corrected chi connectivity index (χ0v) is 16.8. The summed E-state index contributed by atoms with van der Waals surface area (Å²) in [5.74, 6) is 0.848. The van der Waals surface area contributed by atoms with Crippen LogP contribution in [0.15, 0.2) is 71.8 Å². The summed E-state index contributed by atoms with van der Waals surface area (Å²) < 4.78 is 0. The average molecular weight is 414 g/mol. The SMILES string of the molecule is O=C(N/N=C\c1ccc(N(CCCl)CCCl)cc1)c1cccc2ccccc12. The van der Waals surface area contributed by atoms with Crippen LogP contribution in [0.5, 0.6) is 0 Å². The van der Waals surface area contributed by atoms with Gasteiger partial charge in [-0.1, -0.05) is 48.5 Å². The average Bonchev–Trinajstić information content (AvgIpc) is 2.73. The number of benzene rings is 3. The maximum atomic E-state index is 12.5. The van der Waals surface area contributed by atoms with E-state index in [1.807, 2.05) is 60.7 Å². The van der Waals surface area contributed by atoms with Gasteiger partial charge in [0.05, 0.1) is 6.21 Å². The molecule has 0 aliphatic heterocycles. The number of halogens is 2. The standard InChI is InChI=1S/C22H21Cl2N3O/c23-12-14-27(15-13-24)19-10-8-17(9-11-19)16-25-26-22(28)21-7-3-5-18-4-1-2-6-20(18)21/h1-11,16H,12-15H2,(H,26,28)/b25-16-. The first-order valence-electron chi connectivity index (χ1n) is 9.01. The van der Waals surface area contributed by atoms with Crippen molar-refractivity contribution in [1.82, 2.24) is 5.43 Å². The summed E-state index contributed by atoms with van der Waals surface area (Å²) in [6.45, 7) is 1.48. The zero-order chi connectivity index (χ0) is 19.8. The van der Waals surface area contributed by atoms with E-state index >= 15 is 0 Å². The fourth-order valence-electron chi connectivity index (χ4n) is 2.99. The third-order valence-electron chi connectivity index (χ3n) is 4.38. The van der Waals surface area contributed by atoms with Gasteiger partial charge in [0.2, 0.25) is 0 Å². The number of hydrogen-bond acceptors (Lipinski definition) is 3. The number of carbonyl (C=O) groups excluding carboxylic acids is 1. The zero-order valence-electron chi connectivity index (χ0n) is 15.3. The normalized spacial score (nSPS) is 11.1. The number of hydrogen-bond donors (Lipinski definition) is 1. The summed E-state index contributed by atoms with van der Waals surface area (Å²) in [4.78, 5) is 14.6. The van der Waals surface area contributed by atoms with Gasteiger partial charge in [0, 0.05) is 36.1 Å². The van der Waals surface area contributed by atoms with E-state index in [-0.39, 0.29) is 5.91 Å². The van der Waals surface area contributed by atoms with Crippen molar-refractivity contribution in [3.63, 3.8) is 0 Å². The fourth-order valence-corrected chi connectivity index (χ4v) is 3.40. The predicted molar refractivity (Wildman–Crippen MR) is 119 cm³/mol. The van der Waals surface area contributed by atoms with Crippen molar-refractivity contribution in [2.45, 2.75) is 0 Å². The Morgan fingerprint density at radius 1 is 0.929 bits per heavy atom. The van der Waals surface area contributed by atoms with Gasteiger partial charge >= 0.3 is 0 Å². The number of nitrogens with zero attached hydrogens (tertiary/aromatic N) is 2. The van der Waals surface area contributed by atoms with E-state index in [9.17, 15) is 4.79 Å². The summed E-state index contributed by atoms with van der Waals surface area (Å²) in [5.41, 5.74) is 5.14. The Bertz CT molecular complexity index is 946. The highest BCUT2D eigenvalue weighted by Crippen LogP contribution is 2.18. The van der Waals surface area contributed by atoms with Crippen molar-refractivity contribution < 1.29 is 4.79 Å². The largest absolute Gasteiger partial charge is 0.369 e. The number of nitrogens with one attached hydrogen (secondary N) is 1. The summed E-state index contributed by atoms with van der Waals surface area (Å²) >= 11 is 11.7. The molecule has 1 amide bonds. The molecule has 144 valence electrons. The molecule has 3 aromatic carbocycles. The molecule has 0 saturated carbocycles. The molecular weight excluding hydrogens is 393 g/mol. The second kappa shape index (κ2) is 10.1. The molecule has 3 rings (SSSR count). The van der Waals surface area contributed by atoms with Crippen molar-refractivity contribution in [2.24, 2.45) is 5.10 Å². The lowest BCUT2D eigenvalue weighted by molar-refractivity contribution is 0.0957. The van der Waals surface area contributed by atoms with Crippen LogP contribution in [0.4, 0.5) is 5.69 Å². The van der Waals surface area contributed by atoms with Gasteiger partial charge in [-0.05, 0) is 34.5 Å². The fraction of sp³-hybridized carbons (Fsp3) is 0.182. The van der Waals surface area contributed by atoms with Crippen LogP contribution in [-0.2, 0) is 0 Å². The molecule has 0 heterocycles. The van der Waals surface area contributed by atoms with Crippen LogP contribution >= 0.6 is 23.2 Å². The number of amides is 1. The topological polar surface area (TPSA) is 44.7 Å². The first-order chi connectivity index (χ1) is 13.7. The van der Waals surface area contributed by atoms with E-state index in [2.05, 4.69) is 15.4 Å². The maximum Gasteiger partial charge on any atom is 0.271 e. The molecule has 0 aliphatic rings. The van der Waals surface area contributed by atoms with E-state index < -0.39 is 0 Å². The molecular formula is C22H21Cl2N3O. The van der Waals surface area contributed by atoms with E-state index in [0.29, 0.717) is 17.3 Å². The Hall–Kier alpha value is -2.56. The minimum absolute atomic E-state index is 0.236. The summed E-state index contributed by atoms with van der Waals surface area (Å²) in [5, 5.41) is 6.02. The van der Waals surface area contributed by atoms with Crippen LogP contribution in [0, 0.1) is 0 Å². The number of anilines is 1. The summed E-state index contributed by atoms with van der Waals surface area (Å²) in [6.07, 6.45) is 1.63. The van der Waals surface area contributed by atoms with Gasteiger partial charge in [-0.2, -0.15) is 5.10 Å². The third kappa shape index (κ3) is 5.03. The molecule has 0 spiro atoms. The molecule has 0 bridgehead atoms. The quantitative estimate of drug-likeness (QED) is 0.324. The minimum Gasteiger partial charge on any atom is -0.369 e. The molecule has 0 saturated heterocycles. The highest BCUT2D eigenvalue weighted by molar-refractivity contribution is 6.18. The van der Waals surface area contributed by atoms with Crippen LogP contribution in [0.25, 0.3) is 10.8 Å². The Morgan fingerprint density at radius 2 is 1.61 bits per heavy atom. The van der Waals surface area contributed by atoms with Crippen LogP contribution < -0.4 is 10.3 Å². The maximum absolute atomic E-state index is 12.5. The van der Waals surface area contributed by atoms with Crippen molar-refractivity contribution in [2.75, 3.05) is 29.7 Å². The molecule has 3 aromatic rings. The lowest BCUT2D eigenvalue weighted by atomic mass is 10.0. The predicted octanol–water partition coefficient (Wildman–Crippen LogP) is 4.89. The first kappa shape index (κ1) is 20.2. The Morgan fingerprint density at radius 3 is 2.32 bits per heavy atom. The van der Waals surface area contributed by atoms with Gasteiger partial charge in [-0.15, -0.1) is 23.2 Å². The Balaban J connectivity index is 1.66. The molecule has 0 radical (unpaired) electrons. The molecule has 6 heteroatoms. The van der Waals surface area contributed by atoms with Gasteiger partial charge in [0.25, 0.3) is 5.91 Å². The lowest BCUT2D eigenvalue weighted by Crippen LogP contribution is -2.27. The highest BCUT2D eigenvalue weighted by atomic mass is 35.5. The van der Waals surface area contributed by atoms with Crippen LogP contribution in [-0.4, -0.2) is 37.0 Å². The minimum atomic E-state index is -0.236. The first-order valence-corrected chi connectivity index (χ1v) is 10.1. The Kier molecular flexibility index (Phi) is 7.29. The lowest BCUT2D eigenvalue weighted by Gasteiger charge is -2.22. The van der Waals surface area contributed by atoms with Crippen molar-refractivity contribution in [1.29, 1.82) is 0 Å². The van der Waals surface area contributed by atoms with E-state index in [1.165, 1.54) is 0 Å². The van der Waals surface area contributed by atoms with Crippen molar-refractivity contribution in [3.8, 4) is 0 Å². The second-order valence-electron chi connectivity index (χ2n) is 6.18. The van der Waals surface area contributed by atoms with E-state index in [4.69, 9.17) is 23.2 Å². The molecule has 0 atom stereocenters. The van der Waals surface area contributed by atoms with Gasteiger partial charge < -0.3 is 4.90 Å². The van der Waals surface area contributed by atoms with E-state index in [1.54, 1.807) is 12.3 Å². The molecule has 0 unspecified atom stereocenters. The van der Waals surface area contributed by atoms with Gasteiger partial charge in [-0.25, -0.2) is 5.43 Å². The van der Waals surface area contributed by atoms with Gasteiger partial charge in [-0.3, -0.25) is 4.79 Å². The molecule has 1 N–H and O–H groups in total. The smallest absolute Gasteiger partial charge is 0.271 e. The molecule has 4 nitrogen and oxygen atoms in total.